The van der Waals surface area contributed by atoms with Crippen LogP contribution in [0.5, 0.6) is 0 Å². The van der Waals surface area contributed by atoms with Crippen molar-refractivity contribution in [3.05, 3.63) is 59.2 Å². The smallest absolute Gasteiger partial charge is 0.337 e. The Hall–Kier alpha value is -2.49. The van der Waals surface area contributed by atoms with Gasteiger partial charge < -0.3 is 15.7 Å². The molecule has 1 aliphatic rings. The number of anilines is 2. The van der Waals surface area contributed by atoms with E-state index >= 15 is 0 Å². The van der Waals surface area contributed by atoms with Crippen LogP contribution in [0.25, 0.3) is 0 Å². The zero-order valence-corrected chi connectivity index (χ0v) is 11.0. The van der Waals surface area contributed by atoms with Crippen molar-refractivity contribution in [1.29, 1.82) is 0 Å². The van der Waals surface area contributed by atoms with Crippen LogP contribution >= 0.6 is 0 Å². The van der Waals surface area contributed by atoms with E-state index < -0.39 is 5.97 Å². The van der Waals surface area contributed by atoms with Gasteiger partial charge in [0.2, 0.25) is 0 Å². The van der Waals surface area contributed by atoms with Gasteiger partial charge >= 0.3 is 5.97 Å². The molecule has 0 bridgehead atoms. The molecule has 20 heavy (non-hydrogen) atoms. The number of hydrogen-bond donors (Lipinski definition) is 2. The second-order valence-corrected chi connectivity index (χ2v) is 4.99. The fourth-order valence-electron chi connectivity index (χ4n) is 2.77. The number of hydrogen-bond acceptors (Lipinski definition) is 3. The third-order valence-electron chi connectivity index (χ3n) is 3.74. The van der Waals surface area contributed by atoms with Crippen LogP contribution in [0.15, 0.2) is 42.5 Å². The molecule has 0 aliphatic carbocycles. The highest BCUT2D eigenvalue weighted by atomic mass is 16.4. The number of para-hydroxylation sites is 1. The maximum atomic E-state index is 11.4. The third kappa shape index (κ3) is 2.09. The lowest BCUT2D eigenvalue weighted by Gasteiger charge is -2.32. The average molecular weight is 268 g/mol. The van der Waals surface area contributed by atoms with E-state index in [9.17, 15) is 9.90 Å². The van der Waals surface area contributed by atoms with E-state index in [1.807, 2.05) is 12.1 Å². The quantitative estimate of drug-likeness (QED) is 0.821. The molecule has 4 heteroatoms. The summed E-state index contributed by atoms with van der Waals surface area (Å²) in [7, 11) is 0. The van der Waals surface area contributed by atoms with Crippen LogP contribution in [0.3, 0.4) is 0 Å². The van der Waals surface area contributed by atoms with Gasteiger partial charge in [0.1, 0.15) is 0 Å². The number of aromatic carboxylic acids is 1. The maximum Gasteiger partial charge on any atom is 0.337 e. The molecule has 0 saturated carbocycles. The molecular formula is C16H16N2O2. The molecule has 3 rings (SSSR count). The first kappa shape index (κ1) is 12.5. The van der Waals surface area contributed by atoms with Gasteiger partial charge in [-0.1, -0.05) is 30.3 Å². The van der Waals surface area contributed by atoms with Crippen molar-refractivity contribution in [2.75, 3.05) is 17.2 Å². The van der Waals surface area contributed by atoms with Crippen LogP contribution in [0, 0.1) is 0 Å². The van der Waals surface area contributed by atoms with Crippen molar-refractivity contribution in [2.24, 2.45) is 0 Å². The number of nitrogens with two attached hydrogens (primary N) is 1. The minimum Gasteiger partial charge on any atom is -0.478 e. The molecule has 102 valence electrons. The Bertz CT molecular complexity index is 667. The summed E-state index contributed by atoms with van der Waals surface area (Å²) in [6.45, 7) is 1.48. The lowest BCUT2D eigenvalue weighted by Crippen LogP contribution is -2.32. The monoisotopic (exact) mass is 268 g/mol. The Kier molecular flexibility index (Phi) is 3.06. The SMILES string of the molecule is Nc1cccc(C(=O)O)c1N1CCc2ccccc2C1. The van der Waals surface area contributed by atoms with E-state index in [1.54, 1.807) is 18.2 Å². The summed E-state index contributed by atoms with van der Waals surface area (Å²) in [6.07, 6.45) is 0.906. The summed E-state index contributed by atoms with van der Waals surface area (Å²) < 4.78 is 0. The predicted molar refractivity (Wildman–Crippen MR) is 79.0 cm³/mol. The zero-order valence-electron chi connectivity index (χ0n) is 11.0. The fraction of sp³-hybridized carbons (Fsp3) is 0.188. The van der Waals surface area contributed by atoms with Crippen LogP contribution in [0.1, 0.15) is 21.5 Å². The number of carbonyl (C=O) groups is 1. The molecule has 2 aromatic rings. The van der Waals surface area contributed by atoms with Gasteiger partial charge in [-0.2, -0.15) is 0 Å². The van der Waals surface area contributed by atoms with Gasteiger partial charge in [0.05, 0.1) is 16.9 Å². The molecular weight excluding hydrogens is 252 g/mol. The van der Waals surface area contributed by atoms with Crippen LogP contribution in [-0.2, 0) is 13.0 Å². The number of nitrogen functional groups attached to an aromatic ring is 1. The molecule has 0 atom stereocenters. The average Bonchev–Trinajstić information content (AvgIpc) is 2.46. The number of benzene rings is 2. The lowest BCUT2D eigenvalue weighted by molar-refractivity contribution is 0.0697. The normalized spacial score (nSPS) is 13.9. The summed E-state index contributed by atoms with van der Waals surface area (Å²) in [4.78, 5) is 13.4. The maximum absolute atomic E-state index is 11.4. The zero-order chi connectivity index (χ0) is 14.1. The Labute approximate surface area is 117 Å². The Morgan fingerprint density at radius 2 is 1.85 bits per heavy atom. The van der Waals surface area contributed by atoms with E-state index in [0.29, 0.717) is 17.9 Å². The van der Waals surface area contributed by atoms with E-state index in [0.717, 1.165) is 13.0 Å². The molecule has 3 N–H and O–H groups in total. The minimum atomic E-state index is -0.939. The number of carboxylic acids is 1. The van der Waals surface area contributed by atoms with Gasteiger partial charge in [0.15, 0.2) is 0 Å². The molecule has 0 spiro atoms. The largest absolute Gasteiger partial charge is 0.478 e. The molecule has 1 heterocycles. The van der Waals surface area contributed by atoms with Gasteiger partial charge in [0, 0.05) is 13.1 Å². The number of fused-ring (bicyclic) bond motifs is 1. The van der Waals surface area contributed by atoms with Crippen LogP contribution < -0.4 is 10.6 Å². The van der Waals surface area contributed by atoms with Crippen molar-refractivity contribution < 1.29 is 9.90 Å². The molecule has 2 aromatic carbocycles. The second-order valence-electron chi connectivity index (χ2n) is 4.99. The molecule has 0 fully saturated rings. The van der Waals surface area contributed by atoms with E-state index in [1.165, 1.54) is 11.1 Å². The number of nitrogens with zero attached hydrogens (tertiary/aromatic N) is 1. The summed E-state index contributed by atoms with van der Waals surface area (Å²) in [6, 6.07) is 13.3. The van der Waals surface area contributed by atoms with Crippen LogP contribution in [-0.4, -0.2) is 17.6 Å². The second kappa shape index (κ2) is 4.89. The molecule has 0 saturated heterocycles. The predicted octanol–water partition coefficient (Wildman–Crippen LogP) is 2.53. The Morgan fingerprint density at radius 1 is 1.10 bits per heavy atom. The minimum absolute atomic E-state index is 0.268. The van der Waals surface area contributed by atoms with Gasteiger partial charge in [-0.25, -0.2) is 4.79 Å². The van der Waals surface area contributed by atoms with Gasteiger partial charge in [-0.05, 0) is 29.7 Å². The van der Waals surface area contributed by atoms with Crippen LogP contribution in [0.4, 0.5) is 11.4 Å². The van der Waals surface area contributed by atoms with Gasteiger partial charge in [-0.3, -0.25) is 0 Å². The Balaban J connectivity index is 2.02. The first-order valence-electron chi connectivity index (χ1n) is 6.60. The summed E-state index contributed by atoms with van der Waals surface area (Å²) in [5.41, 5.74) is 9.99. The van der Waals surface area contributed by atoms with Gasteiger partial charge in [-0.15, -0.1) is 0 Å². The number of carboxylic acid groups (broad SMARTS) is 1. The first-order chi connectivity index (χ1) is 9.66. The highest BCUT2D eigenvalue weighted by Gasteiger charge is 2.22. The first-order valence-corrected chi connectivity index (χ1v) is 6.60. The lowest BCUT2D eigenvalue weighted by atomic mass is 9.98. The van der Waals surface area contributed by atoms with Crippen molar-refractivity contribution in [1.82, 2.24) is 0 Å². The molecule has 0 unspecified atom stereocenters. The van der Waals surface area contributed by atoms with Crippen molar-refractivity contribution in [3.63, 3.8) is 0 Å². The summed E-state index contributed by atoms with van der Waals surface area (Å²) >= 11 is 0. The summed E-state index contributed by atoms with van der Waals surface area (Å²) in [5.74, 6) is -0.939. The Morgan fingerprint density at radius 3 is 2.60 bits per heavy atom. The highest BCUT2D eigenvalue weighted by Crippen LogP contribution is 2.32. The van der Waals surface area contributed by atoms with Crippen molar-refractivity contribution >= 4 is 17.3 Å². The topological polar surface area (TPSA) is 66.6 Å². The fourth-order valence-corrected chi connectivity index (χ4v) is 2.77. The van der Waals surface area contributed by atoms with E-state index in [-0.39, 0.29) is 5.56 Å². The molecule has 0 amide bonds. The number of rotatable bonds is 2. The standard InChI is InChI=1S/C16H16N2O2/c17-14-7-3-6-13(16(19)20)15(14)18-9-8-11-4-1-2-5-12(11)10-18/h1-7H,8-10,17H2,(H,19,20). The molecule has 0 aromatic heterocycles. The van der Waals surface area contributed by atoms with Crippen LogP contribution in [0.2, 0.25) is 0 Å². The van der Waals surface area contributed by atoms with Crippen molar-refractivity contribution in [3.8, 4) is 0 Å². The molecule has 4 nitrogen and oxygen atoms in total. The molecule has 1 aliphatic heterocycles. The third-order valence-corrected chi connectivity index (χ3v) is 3.74. The molecule has 0 radical (unpaired) electrons. The van der Waals surface area contributed by atoms with Crippen molar-refractivity contribution in [2.45, 2.75) is 13.0 Å². The van der Waals surface area contributed by atoms with E-state index in [4.69, 9.17) is 5.73 Å². The summed E-state index contributed by atoms with van der Waals surface area (Å²) in [5, 5.41) is 9.33. The highest BCUT2D eigenvalue weighted by molar-refractivity contribution is 5.98. The van der Waals surface area contributed by atoms with E-state index in [2.05, 4.69) is 17.0 Å². The van der Waals surface area contributed by atoms with Gasteiger partial charge in [0.25, 0.3) is 0 Å².